The van der Waals surface area contributed by atoms with E-state index in [0.717, 1.165) is 17.0 Å². The third-order valence-corrected chi connectivity index (χ3v) is 3.20. The second kappa shape index (κ2) is 3.39. The lowest BCUT2D eigenvalue weighted by molar-refractivity contribution is -0.118. The molecule has 14 heavy (non-hydrogen) atoms. The van der Waals surface area contributed by atoms with Crippen LogP contribution in [0.3, 0.4) is 0 Å². The molecule has 1 aromatic carbocycles. The Morgan fingerprint density at radius 2 is 2.21 bits per heavy atom. The molecule has 2 rings (SSSR count). The van der Waals surface area contributed by atoms with Crippen LogP contribution in [0, 0.1) is 12.8 Å². The first-order chi connectivity index (χ1) is 6.59. The van der Waals surface area contributed by atoms with E-state index in [1.165, 1.54) is 5.56 Å². The molecule has 1 fully saturated rings. The van der Waals surface area contributed by atoms with Gasteiger partial charge in [-0.2, -0.15) is 0 Å². The first-order valence-corrected chi connectivity index (χ1v) is 5.24. The Balaban J connectivity index is 2.23. The average Bonchev–Trinajstić information content (AvgIpc) is 2.83. The van der Waals surface area contributed by atoms with Crippen LogP contribution in [0.1, 0.15) is 30.4 Å². The minimum absolute atomic E-state index is 0.218. The van der Waals surface area contributed by atoms with Gasteiger partial charge in [0.25, 0.3) is 0 Å². The molecule has 1 saturated carbocycles. The molecule has 0 saturated heterocycles. The lowest BCUT2D eigenvalue weighted by atomic mass is 10.1. The molecule has 0 N–H and O–H groups in total. The van der Waals surface area contributed by atoms with Crippen LogP contribution in [0.4, 0.5) is 0 Å². The van der Waals surface area contributed by atoms with E-state index in [4.69, 9.17) is 11.6 Å². The van der Waals surface area contributed by atoms with Gasteiger partial charge in [0, 0.05) is 10.9 Å². The number of carbonyl (C=O) groups excluding carboxylic acids is 1. The van der Waals surface area contributed by atoms with Crippen molar-refractivity contribution in [3.63, 3.8) is 0 Å². The fraction of sp³-hybridized carbons (Fsp3) is 0.417. The molecule has 0 aliphatic heterocycles. The first kappa shape index (κ1) is 9.72. The highest BCUT2D eigenvalue weighted by molar-refractivity contribution is 6.31. The van der Waals surface area contributed by atoms with Crippen LogP contribution in [0.15, 0.2) is 18.2 Å². The summed E-state index contributed by atoms with van der Waals surface area (Å²) in [6.45, 7) is 3.68. The molecular formula is C12H13ClO. The monoisotopic (exact) mass is 208 g/mol. The van der Waals surface area contributed by atoms with Gasteiger partial charge in [0.05, 0.1) is 0 Å². The largest absolute Gasteiger partial charge is 0.300 e. The number of carbonyl (C=O) groups is 1. The van der Waals surface area contributed by atoms with E-state index in [0.29, 0.717) is 5.92 Å². The SMILES string of the molecule is CC(=O)C1CC1c1ccc(C)cc1Cl. The van der Waals surface area contributed by atoms with Crippen LogP contribution in [0.25, 0.3) is 0 Å². The molecule has 0 radical (unpaired) electrons. The highest BCUT2D eigenvalue weighted by Crippen LogP contribution is 2.49. The number of halogens is 1. The van der Waals surface area contributed by atoms with Crippen molar-refractivity contribution in [3.8, 4) is 0 Å². The van der Waals surface area contributed by atoms with Gasteiger partial charge in [-0.25, -0.2) is 0 Å². The Labute approximate surface area is 89.1 Å². The smallest absolute Gasteiger partial charge is 0.133 e. The lowest BCUT2D eigenvalue weighted by Crippen LogP contribution is -1.95. The standard InChI is InChI=1S/C12H13ClO/c1-7-3-4-9(12(13)5-7)11-6-10(11)8(2)14/h3-5,10-11H,6H2,1-2H3. The summed E-state index contributed by atoms with van der Waals surface area (Å²) in [5.41, 5.74) is 2.30. The zero-order valence-corrected chi connectivity index (χ0v) is 9.14. The number of ketones is 1. The van der Waals surface area contributed by atoms with E-state index >= 15 is 0 Å². The molecule has 2 atom stereocenters. The third-order valence-electron chi connectivity index (χ3n) is 2.87. The predicted octanol–water partition coefficient (Wildman–Crippen LogP) is 3.34. The minimum atomic E-state index is 0.218. The van der Waals surface area contributed by atoms with Gasteiger partial charge in [-0.15, -0.1) is 0 Å². The van der Waals surface area contributed by atoms with Crippen LogP contribution in [-0.2, 0) is 4.79 Å². The molecule has 74 valence electrons. The molecule has 1 aliphatic rings. The maximum absolute atomic E-state index is 11.1. The van der Waals surface area contributed by atoms with Gasteiger partial charge in [-0.05, 0) is 43.4 Å². The summed E-state index contributed by atoms with van der Waals surface area (Å²) in [5.74, 6) is 0.877. The number of aryl methyl sites for hydroxylation is 1. The summed E-state index contributed by atoms with van der Waals surface area (Å²) >= 11 is 6.12. The Morgan fingerprint density at radius 1 is 1.50 bits per heavy atom. The number of rotatable bonds is 2. The second-order valence-electron chi connectivity index (χ2n) is 4.08. The molecule has 0 bridgehead atoms. The van der Waals surface area contributed by atoms with Crippen molar-refractivity contribution in [3.05, 3.63) is 34.3 Å². The molecular weight excluding hydrogens is 196 g/mol. The molecule has 2 unspecified atom stereocenters. The summed E-state index contributed by atoms with van der Waals surface area (Å²) in [6.07, 6.45) is 0.970. The fourth-order valence-corrected chi connectivity index (χ4v) is 2.30. The topological polar surface area (TPSA) is 17.1 Å². The average molecular weight is 209 g/mol. The van der Waals surface area contributed by atoms with Gasteiger partial charge in [-0.1, -0.05) is 23.7 Å². The van der Waals surface area contributed by atoms with Gasteiger partial charge in [0.2, 0.25) is 0 Å². The number of benzene rings is 1. The first-order valence-electron chi connectivity index (χ1n) is 4.86. The maximum atomic E-state index is 11.1. The Morgan fingerprint density at radius 3 is 2.71 bits per heavy atom. The summed E-state index contributed by atoms with van der Waals surface area (Å²) in [4.78, 5) is 11.1. The van der Waals surface area contributed by atoms with Crippen LogP contribution >= 0.6 is 11.6 Å². The normalized spacial score (nSPS) is 24.8. The Hall–Kier alpha value is -0.820. The summed E-state index contributed by atoms with van der Waals surface area (Å²) in [5, 5.41) is 0.804. The summed E-state index contributed by atoms with van der Waals surface area (Å²) < 4.78 is 0. The number of Topliss-reactive ketones (excluding diaryl/α,β-unsaturated/α-hetero) is 1. The summed E-state index contributed by atoms with van der Waals surface area (Å²) in [7, 11) is 0. The molecule has 1 aromatic rings. The summed E-state index contributed by atoms with van der Waals surface area (Å²) in [6, 6.07) is 6.06. The van der Waals surface area contributed by atoms with E-state index in [2.05, 4.69) is 6.07 Å². The lowest BCUT2D eigenvalue weighted by Gasteiger charge is -2.03. The van der Waals surface area contributed by atoms with Gasteiger partial charge in [-0.3, -0.25) is 4.79 Å². The van der Waals surface area contributed by atoms with Gasteiger partial charge >= 0.3 is 0 Å². The third kappa shape index (κ3) is 1.69. The van der Waals surface area contributed by atoms with Crippen LogP contribution in [0.2, 0.25) is 5.02 Å². The van der Waals surface area contributed by atoms with Crippen molar-refractivity contribution < 1.29 is 4.79 Å². The molecule has 0 amide bonds. The van der Waals surface area contributed by atoms with Crippen molar-refractivity contribution in [2.45, 2.75) is 26.2 Å². The fourth-order valence-electron chi connectivity index (χ4n) is 1.92. The predicted molar refractivity (Wildman–Crippen MR) is 57.7 cm³/mol. The van der Waals surface area contributed by atoms with E-state index in [9.17, 15) is 4.79 Å². The van der Waals surface area contributed by atoms with Crippen molar-refractivity contribution in [1.82, 2.24) is 0 Å². The van der Waals surface area contributed by atoms with E-state index < -0.39 is 0 Å². The van der Waals surface area contributed by atoms with Crippen molar-refractivity contribution in [2.24, 2.45) is 5.92 Å². The van der Waals surface area contributed by atoms with Crippen molar-refractivity contribution in [2.75, 3.05) is 0 Å². The minimum Gasteiger partial charge on any atom is -0.300 e. The van der Waals surface area contributed by atoms with Crippen molar-refractivity contribution >= 4 is 17.4 Å². The molecule has 1 nitrogen and oxygen atoms in total. The van der Waals surface area contributed by atoms with Crippen LogP contribution in [-0.4, -0.2) is 5.78 Å². The Kier molecular flexibility index (Phi) is 2.36. The van der Waals surface area contributed by atoms with Crippen LogP contribution < -0.4 is 0 Å². The van der Waals surface area contributed by atoms with Gasteiger partial charge in [0.15, 0.2) is 0 Å². The second-order valence-corrected chi connectivity index (χ2v) is 4.49. The number of hydrogen-bond donors (Lipinski definition) is 0. The molecule has 0 aromatic heterocycles. The van der Waals surface area contributed by atoms with Gasteiger partial charge in [0.1, 0.15) is 5.78 Å². The molecule has 2 heteroatoms. The highest BCUT2D eigenvalue weighted by atomic mass is 35.5. The Bertz CT molecular complexity index is 384. The van der Waals surface area contributed by atoms with Crippen LogP contribution in [0.5, 0.6) is 0 Å². The number of hydrogen-bond acceptors (Lipinski definition) is 1. The maximum Gasteiger partial charge on any atom is 0.133 e. The van der Waals surface area contributed by atoms with Gasteiger partial charge < -0.3 is 0 Å². The quantitative estimate of drug-likeness (QED) is 0.729. The van der Waals surface area contributed by atoms with E-state index in [-0.39, 0.29) is 11.7 Å². The zero-order valence-electron chi connectivity index (χ0n) is 8.38. The van der Waals surface area contributed by atoms with E-state index in [1.807, 2.05) is 19.1 Å². The van der Waals surface area contributed by atoms with E-state index in [1.54, 1.807) is 6.92 Å². The highest BCUT2D eigenvalue weighted by Gasteiger charge is 2.42. The molecule has 0 spiro atoms. The molecule has 1 aliphatic carbocycles. The zero-order chi connectivity index (χ0) is 10.3. The molecule has 0 heterocycles. The van der Waals surface area contributed by atoms with Crippen molar-refractivity contribution in [1.29, 1.82) is 0 Å².